The summed E-state index contributed by atoms with van der Waals surface area (Å²) in [5, 5.41) is 4.10. The molecule has 7 nitrogen and oxygen atoms in total. The van der Waals surface area contributed by atoms with Gasteiger partial charge in [-0.1, -0.05) is 0 Å². The van der Waals surface area contributed by atoms with E-state index in [1.165, 1.54) is 6.20 Å². The molecule has 3 rings (SSSR count). The third-order valence-corrected chi connectivity index (χ3v) is 6.49. The van der Waals surface area contributed by atoms with Crippen molar-refractivity contribution in [2.75, 3.05) is 45.9 Å². The van der Waals surface area contributed by atoms with Crippen LogP contribution in [0.25, 0.3) is 0 Å². The van der Waals surface area contributed by atoms with Crippen LogP contribution >= 0.6 is 0 Å². The molecule has 23 heavy (non-hydrogen) atoms. The molecular weight excluding hydrogens is 316 g/mol. The van der Waals surface area contributed by atoms with Gasteiger partial charge in [-0.15, -0.1) is 0 Å². The molecule has 1 aromatic heterocycles. The summed E-state index contributed by atoms with van der Waals surface area (Å²) in [5.74, 6) is 0.401. The predicted octanol–water partition coefficient (Wildman–Crippen LogP) is 0.636. The van der Waals surface area contributed by atoms with E-state index in [1.54, 1.807) is 15.2 Å². The molecule has 1 atom stereocenters. The number of rotatable bonds is 5. The highest BCUT2D eigenvalue weighted by atomic mass is 32.2. The molecular formula is C15H26N4O3S. The highest BCUT2D eigenvalue weighted by molar-refractivity contribution is 7.89. The number of aromatic nitrogens is 2. The molecule has 0 N–H and O–H groups in total. The van der Waals surface area contributed by atoms with Gasteiger partial charge in [-0.05, 0) is 25.7 Å². The van der Waals surface area contributed by atoms with E-state index in [9.17, 15) is 8.42 Å². The monoisotopic (exact) mass is 342 g/mol. The smallest absolute Gasteiger partial charge is 0.246 e. The molecule has 0 radical (unpaired) electrons. The number of hydrogen-bond acceptors (Lipinski definition) is 5. The van der Waals surface area contributed by atoms with Crippen molar-refractivity contribution in [1.29, 1.82) is 0 Å². The fraction of sp³-hybridized carbons (Fsp3) is 0.800. The molecule has 2 saturated heterocycles. The average molecular weight is 342 g/mol. The lowest BCUT2D eigenvalue weighted by Crippen LogP contribution is -2.46. The van der Waals surface area contributed by atoms with Gasteiger partial charge in [0, 0.05) is 45.5 Å². The van der Waals surface area contributed by atoms with Crippen molar-refractivity contribution < 1.29 is 13.2 Å². The Balaban J connectivity index is 1.64. The molecule has 130 valence electrons. The zero-order valence-electron chi connectivity index (χ0n) is 13.7. The first-order chi connectivity index (χ1) is 11.1. The minimum atomic E-state index is -3.42. The van der Waals surface area contributed by atoms with E-state index >= 15 is 0 Å². The molecule has 1 aromatic rings. The van der Waals surface area contributed by atoms with Gasteiger partial charge in [0.1, 0.15) is 4.90 Å². The zero-order valence-corrected chi connectivity index (χ0v) is 14.5. The zero-order chi connectivity index (χ0) is 16.3. The van der Waals surface area contributed by atoms with Gasteiger partial charge in [0.15, 0.2) is 0 Å². The number of sulfonamides is 1. The van der Waals surface area contributed by atoms with Gasteiger partial charge in [-0.25, -0.2) is 8.42 Å². The van der Waals surface area contributed by atoms with Crippen LogP contribution in [0.4, 0.5) is 0 Å². The maximum Gasteiger partial charge on any atom is 0.246 e. The summed E-state index contributed by atoms with van der Waals surface area (Å²) < 4.78 is 34.3. The van der Waals surface area contributed by atoms with Crippen molar-refractivity contribution in [3.05, 3.63) is 12.4 Å². The normalized spacial score (nSPS) is 24.8. The van der Waals surface area contributed by atoms with Gasteiger partial charge in [-0.3, -0.25) is 9.58 Å². The van der Waals surface area contributed by atoms with E-state index in [4.69, 9.17) is 4.74 Å². The number of morpholine rings is 1. The molecule has 2 aliphatic rings. The van der Waals surface area contributed by atoms with Crippen LogP contribution in [0.2, 0.25) is 0 Å². The Morgan fingerprint density at radius 3 is 2.78 bits per heavy atom. The highest BCUT2D eigenvalue weighted by Crippen LogP contribution is 2.24. The van der Waals surface area contributed by atoms with Crippen LogP contribution in [0.5, 0.6) is 0 Å². The fourth-order valence-corrected chi connectivity index (χ4v) is 4.85. The Labute approximate surface area is 138 Å². The number of nitrogens with zero attached hydrogens (tertiary/aromatic N) is 4. The third kappa shape index (κ3) is 3.93. The molecule has 0 bridgehead atoms. The maximum absolute atomic E-state index is 12.8. The van der Waals surface area contributed by atoms with E-state index in [-0.39, 0.29) is 0 Å². The van der Waals surface area contributed by atoms with Gasteiger partial charge < -0.3 is 4.74 Å². The first-order valence-electron chi connectivity index (χ1n) is 8.42. The molecule has 0 spiro atoms. The van der Waals surface area contributed by atoms with Crippen molar-refractivity contribution in [2.24, 2.45) is 5.92 Å². The third-order valence-electron chi connectivity index (χ3n) is 4.67. The number of hydrogen-bond donors (Lipinski definition) is 0. The molecule has 0 saturated carbocycles. The summed E-state index contributed by atoms with van der Waals surface area (Å²) in [7, 11) is -3.42. The molecule has 0 amide bonds. The highest BCUT2D eigenvalue weighted by Gasteiger charge is 2.32. The topological polar surface area (TPSA) is 67.7 Å². The lowest BCUT2D eigenvalue weighted by atomic mass is 9.99. The molecule has 3 heterocycles. The summed E-state index contributed by atoms with van der Waals surface area (Å²) in [5.41, 5.74) is 0. The SMILES string of the molecule is CCn1cc(S(=O)(=O)N2CCCC(CN3CCOCC3)C2)cn1. The Kier molecular flexibility index (Phi) is 5.35. The predicted molar refractivity (Wildman–Crippen MR) is 86.6 cm³/mol. The summed E-state index contributed by atoms with van der Waals surface area (Å²) in [6.45, 7) is 8.27. The van der Waals surface area contributed by atoms with E-state index < -0.39 is 10.0 Å². The number of piperidine rings is 1. The lowest BCUT2D eigenvalue weighted by molar-refractivity contribution is 0.0265. The molecule has 1 unspecified atom stereocenters. The lowest BCUT2D eigenvalue weighted by Gasteiger charge is -2.36. The first-order valence-corrected chi connectivity index (χ1v) is 9.86. The fourth-order valence-electron chi connectivity index (χ4n) is 3.34. The van der Waals surface area contributed by atoms with Crippen LogP contribution in [0, 0.1) is 5.92 Å². The number of aryl methyl sites for hydroxylation is 1. The Morgan fingerprint density at radius 2 is 2.09 bits per heavy atom. The average Bonchev–Trinajstić information content (AvgIpc) is 3.06. The van der Waals surface area contributed by atoms with Gasteiger partial charge in [0.2, 0.25) is 10.0 Å². The van der Waals surface area contributed by atoms with E-state index in [1.807, 2.05) is 6.92 Å². The van der Waals surface area contributed by atoms with Crippen LogP contribution in [-0.2, 0) is 21.3 Å². The quantitative estimate of drug-likeness (QED) is 0.785. The summed E-state index contributed by atoms with van der Waals surface area (Å²) in [6, 6.07) is 0. The van der Waals surface area contributed by atoms with Gasteiger partial charge in [0.05, 0.1) is 19.4 Å². The van der Waals surface area contributed by atoms with Gasteiger partial charge >= 0.3 is 0 Å². The first kappa shape index (κ1) is 16.9. The molecule has 8 heteroatoms. The van der Waals surface area contributed by atoms with Crippen molar-refractivity contribution in [2.45, 2.75) is 31.2 Å². The summed E-state index contributed by atoms with van der Waals surface area (Å²) >= 11 is 0. The summed E-state index contributed by atoms with van der Waals surface area (Å²) in [6.07, 6.45) is 5.11. The van der Waals surface area contributed by atoms with Crippen LogP contribution in [0.15, 0.2) is 17.3 Å². The molecule has 2 aliphatic heterocycles. The summed E-state index contributed by atoms with van der Waals surface area (Å²) in [4.78, 5) is 2.70. The second-order valence-corrected chi connectivity index (χ2v) is 8.25. The maximum atomic E-state index is 12.8. The largest absolute Gasteiger partial charge is 0.379 e. The minimum Gasteiger partial charge on any atom is -0.379 e. The van der Waals surface area contributed by atoms with Gasteiger partial charge in [-0.2, -0.15) is 9.40 Å². The standard InChI is InChI=1S/C15H26N4O3S/c1-2-18-13-15(10-16-18)23(20,21)19-5-3-4-14(12-19)11-17-6-8-22-9-7-17/h10,13-14H,2-9,11-12H2,1H3. The van der Waals surface area contributed by atoms with E-state index in [0.29, 0.717) is 30.4 Å². The van der Waals surface area contributed by atoms with Crippen molar-refractivity contribution >= 4 is 10.0 Å². The van der Waals surface area contributed by atoms with Crippen molar-refractivity contribution in [1.82, 2.24) is 19.0 Å². The van der Waals surface area contributed by atoms with Crippen LogP contribution < -0.4 is 0 Å². The second-order valence-electron chi connectivity index (χ2n) is 6.32. The molecule has 0 aliphatic carbocycles. The molecule has 2 fully saturated rings. The van der Waals surface area contributed by atoms with Crippen LogP contribution in [0.3, 0.4) is 0 Å². The van der Waals surface area contributed by atoms with E-state index in [0.717, 1.165) is 45.7 Å². The Bertz CT molecular complexity index is 610. The van der Waals surface area contributed by atoms with E-state index in [2.05, 4.69) is 10.00 Å². The second kappa shape index (κ2) is 7.29. The van der Waals surface area contributed by atoms with Crippen molar-refractivity contribution in [3.63, 3.8) is 0 Å². The Morgan fingerprint density at radius 1 is 1.30 bits per heavy atom. The Hall–Kier alpha value is -0.960. The van der Waals surface area contributed by atoms with Crippen LogP contribution in [0.1, 0.15) is 19.8 Å². The van der Waals surface area contributed by atoms with Crippen molar-refractivity contribution in [3.8, 4) is 0 Å². The molecule has 0 aromatic carbocycles. The number of ether oxygens (including phenoxy) is 1. The van der Waals surface area contributed by atoms with Crippen LogP contribution in [-0.4, -0.2) is 73.3 Å². The minimum absolute atomic E-state index is 0.311. The van der Waals surface area contributed by atoms with Gasteiger partial charge in [0.25, 0.3) is 0 Å².